The number of anilines is 1. The number of aromatic carboxylic acids is 1. The van der Waals surface area contributed by atoms with E-state index in [-0.39, 0.29) is 5.69 Å². The molecule has 0 saturated carbocycles. The molecular weight excluding hydrogens is 266 g/mol. The first-order chi connectivity index (χ1) is 9.77. The molecule has 0 spiro atoms. The zero-order chi connectivity index (χ0) is 15.6. The Morgan fingerprint density at radius 3 is 2.62 bits per heavy atom. The molecular formula is C16H25N3O2. The summed E-state index contributed by atoms with van der Waals surface area (Å²) in [4.78, 5) is 21.9. The number of hydrogen-bond donors (Lipinski definition) is 1. The van der Waals surface area contributed by atoms with Gasteiger partial charge in [-0.2, -0.15) is 0 Å². The molecule has 116 valence electrons. The second kappa shape index (κ2) is 6.00. The van der Waals surface area contributed by atoms with Crippen molar-refractivity contribution >= 4 is 11.9 Å². The van der Waals surface area contributed by atoms with Crippen LogP contribution in [0.15, 0.2) is 6.07 Å². The summed E-state index contributed by atoms with van der Waals surface area (Å²) < 4.78 is 0. The zero-order valence-corrected chi connectivity index (χ0v) is 13.4. The van der Waals surface area contributed by atoms with Crippen molar-refractivity contribution < 1.29 is 9.90 Å². The molecule has 5 heteroatoms. The molecule has 1 aromatic heterocycles. The number of nitrogens with zero attached hydrogens (tertiary/aromatic N) is 3. The fourth-order valence-corrected chi connectivity index (χ4v) is 2.97. The van der Waals surface area contributed by atoms with Crippen molar-refractivity contribution in [3.8, 4) is 0 Å². The summed E-state index contributed by atoms with van der Waals surface area (Å²) in [6.45, 7) is 10.5. The Morgan fingerprint density at radius 1 is 1.29 bits per heavy atom. The van der Waals surface area contributed by atoms with Crippen LogP contribution in [0.25, 0.3) is 0 Å². The number of carbonyl (C=O) groups is 1. The van der Waals surface area contributed by atoms with Crippen molar-refractivity contribution in [3.63, 3.8) is 0 Å². The number of hydrogen-bond acceptors (Lipinski definition) is 4. The molecule has 1 atom stereocenters. The summed E-state index contributed by atoms with van der Waals surface area (Å²) in [6, 6.07) is 1.52. The van der Waals surface area contributed by atoms with E-state index in [1.54, 1.807) is 0 Å². The van der Waals surface area contributed by atoms with Gasteiger partial charge in [0.15, 0.2) is 5.69 Å². The van der Waals surface area contributed by atoms with Crippen LogP contribution in [0.4, 0.5) is 5.95 Å². The van der Waals surface area contributed by atoms with Gasteiger partial charge >= 0.3 is 5.97 Å². The molecule has 1 fully saturated rings. The topological polar surface area (TPSA) is 66.3 Å². The van der Waals surface area contributed by atoms with Crippen LogP contribution in [0.3, 0.4) is 0 Å². The molecule has 2 heterocycles. The van der Waals surface area contributed by atoms with Crippen LogP contribution < -0.4 is 4.90 Å². The summed E-state index contributed by atoms with van der Waals surface area (Å²) in [5.74, 6) is 0.248. The Labute approximate surface area is 126 Å². The van der Waals surface area contributed by atoms with Crippen LogP contribution in [-0.4, -0.2) is 34.1 Å². The van der Waals surface area contributed by atoms with E-state index in [1.807, 2.05) is 6.92 Å². The van der Waals surface area contributed by atoms with Gasteiger partial charge in [0.1, 0.15) is 0 Å². The highest BCUT2D eigenvalue weighted by Crippen LogP contribution is 2.34. The number of carboxylic acids is 1. The molecule has 0 aliphatic carbocycles. The lowest BCUT2D eigenvalue weighted by Gasteiger charge is -2.29. The van der Waals surface area contributed by atoms with Crippen LogP contribution in [0.2, 0.25) is 0 Å². The molecule has 5 nitrogen and oxygen atoms in total. The summed E-state index contributed by atoms with van der Waals surface area (Å²) >= 11 is 0. The lowest BCUT2D eigenvalue weighted by Crippen LogP contribution is -2.28. The minimum Gasteiger partial charge on any atom is -0.477 e. The van der Waals surface area contributed by atoms with E-state index in [9.17, 15) is 4.79 Å². The third-order valence-corrected chi connectivity index (χ3v) is 4.30. The van der Waals surface area contributed by atoms with Gasteiger partial charge in [-0.05, 0) is 43.6 Å². The lowest BCUT2D eigenvalue weighted by molar-refractivity contribution is 0.0690. The van der Waals surface area contributed by atoms with Gasteiger partial charge in [0.25, 0.3) is 0 Å². The summed E-state index contributed by atoms with van der Waals surface area (Å²) in [5.41, 5.74) is 1.10. The van der Waals surface area contributed by atoms with Gasteiger partial charge in [0.05, 0.1) is 0 Å². The molecule has 2 rings (SSSR count). The third-order valence-electron chi connectivity index (χ3n) is 4.30. The molecule has 0 bridgehead atoms. The van der Waals surface area contributed by atoms with Gasteiger partial charge in [-0.15, -0.1) is 0 Å². The molecule has 0 aromatic carbocycles. The SMILES string of the molecule is Cc1cc(C(=O)O)nc(N2CCCC(C(C)(C)C)CC2)n1. The first-order valence-electron chi connectivity index (χ1n) is 7.61. The maximum Gasteiger partial charge on any atom is 0.354 e. The van der Waals surface area contributed by atoms with Gasteiger partial charge in [0, 0.05) is 18.8 Å². The van der Waals surface area contributed by atoms with Crippen molar-refractivity contribution in [2.24, 2.45) is 11.3 Å². The van der Waals surface area contributed by atoms with Crippen LogP contribution in [0.1, 0.15) is 56.2 Å². The minimum absolute atomic E-state index is 0.0779. The van der Waals surface area contributed by atoms with Crippen LogP contribution in [0, 0.1) is 18.3 Å². The molecule has 1 N–H and O–H groups in total. The molecule has 1 unspecified atom stereocenters. The molecule has 1 aromatic rings. The van der Waals surface area contributed by atoms with Gasteiger partial charge in [-0.25, -0.2) is 14.8 Å². The monoisotopic (exact) mass is 291 g/mol. The van der Waals surface area contributed by atoms with Crippen LogP contribution in [-0.2, 0) is 0 Å². The molecule has 1 aliphatic heterocycles. The Balaban J connectivity index is 2.17. The fraction of sp³-hybridized carbons (Fsp3) is 0.688. The number of carboxylic acid groups (broad SMARTS) is 1. The minimum atomic E-state index is -0.996. The summed E-state index contributed by atoms with van der Waals surface area (Å²) in [7, 11) is 0. The quantitative estimate of drug-likeness (QED) is 0.906. The smallest absolute Gasteiger partial charge is 0.354 e. The van der Waals surface area contributed by atoms with E-state index in [0.717, 1.165) is 25.9 Å². The zero-order valence-electron chi connectivity index (χ0n) is 13.4. The predicted octanol–water partition coefficient (Wildman–Crippen LogP) is 3.14. The number of aryl methyl sites for hydroxylation is 1. The fourth-order valence-electron chi connectivity index (χ4n) is 2.97. The van der Waals surface area contributed by atoms with E-state index in [2.05, 4.69) is 35.6 Å². The van der Waals surface area contributed by atoms with Gasteiger partial charge in [0.2, 0.25) is 5.95 Å². The lowest BCUT2D eigenvalue weighted by atomic mass is 9.77. The Bertz CT molecular complexity index is 523. The molecule has 0 amide bonds. The van der Waals surface area contributed by atoms with Gasteiger partial charge in [-0.1, -0.05) is 20.8 Å². The Morgan fingerprint density at radius 2 is 2.00 bits per heavy atom. The third kappa shape index (κ3) is 3.93. The molecule has 1 aliphatic rings. The highest BCUT2D eigenvalue weighted by molar-refractivity contribution is 5.85. The van der Waals surface area contributed by atoms with Crippen molar-refractivity contribution in [1.29, 1.82) is 0 Å². The van der Waals surface area contributed by atoms with Crippen LogP contribution >= 0.6 is 0 Å². The molecule has 0 radical (unpaired) electrons. The van der Waals surface area contributed by atoms with Crippen molar-refractivity contribution in [2.75, 3.05) is 18.0 Å². The second-order valence-electron chi connectivity index (χ2n) is 6.98. The Hall–Kier alpha value is -1.65. The summed E-state index contributed by atoms with van der Waals surface area (Å²) in [5, 5.41) is 9.13. The predicted molar refractivity (Wildman–Crippen MR) is 82.7 cm³/mol. The number of rotatable bonds is 2. The first-order valence-corrected chi connectivity index (χ1v) is 7.61. The Kier molecular flexibility index (Phi) is 4.49. The normalized spacial score (nSPS) is 20.2. The van der Waals surface area contributed by atoms with Crippen molar-refractivity contribution in [3.05, 3.63) is 17.5 Å². The average Bonchev–Trinajstić information content (AvgIpc) is 2.63. The maximum atomic E-state index is 11.1. The highest BCUT2D eigenvalue weighted by Gasteiger charge is 2.28. The van der Waals surface area contributed by atoms with E-state index in [0.29, 0.717) is 23.0 Å². The van der Waals surface area contributed by atoms with Crippen molar-refractivity contribution in [1.82, 2.24) is 9.97 Å². The van der Waals surface area contributed by atoms with E-state index in [1.165, 1.54) is 12.5 Å². The second-order valence-corrected chi connectivity index (χ2v) is 6.98. The van der Waals surface area contributed by atoms with Crippen LogP contribution in [0.5, 0.6) is 0 Å². The maximum absolute atomic E-state index is 11.1. The average molecular weight is 291 g/mol. The largest absolute Gasteiger partial charge is 0.477 e. The molecule has 21 heavy (non-hydrogen) atoms. The molecule has 1 saturated heterocycles. The standard InChI is InChI=1S/C16H25N3O2/c1-11-10-13(14(20)21)18-15(17-11)19-8-5-6-12(7-9-19)16(2,3)4/h10,12H,5-9H2,1-4H3,(H,20,21). The van der Waals surface area contributed by atoms with Crippen molar-refractivity contribution in [2.45, 2.75) is 47.0 Å². The summed E-state index contributed by atoms with van der Waals surface area (Å²) in [6.07, 6.45) is 3.41. The van der Waals surface area contributed by atoms with Gasteiger partial charge in [-0.3, -0.25) is 0 Å². The first kappa shape index (κ1) is 15.7. The number of aromatic nitrogens is 2. The van der Waals surface area contributed by atoms with E-state index >= 15 is 0 Å². The van der Waals surface area contributed by atoms with Gasteiger partial charge < -0.3 is 10.0 Å². The van der Waals surface area contributed by atoms with E-state index in [4.69, 9.17) is 5.11 Å². The highest BCUT2D eigenvalue weighted by atomic mass is 16.4. The van der Waals surface area contributed by atoms with E-state index < -0.39 is 5.97 Å².